The van der Waals surface area contributed by atoms with Crippen molar-refractivity contribution < 1.29 is 9.59 Å². The number of piperazine rings is 1. The first-order chi connectivity index (χ1) is 12.5. The minimum atomic E-state index is -0.438. The van der Waals surface area contributed by atoms with Crippen LogP contribution in [0.25, 0.3) is 0 Å². The van der Waals surface area contributed by atoms with Gasteiger partial charge in [-0.2, -0.15) is 0 Å². The van der Waals surface area contributed by atoms with E-state index in [9.17, 15) is 9.59 Å². The van der Waals surface area contributed by atoms with Crippen molar-refractivity contribution in [2.24, 2.45) is 5.73 Å². The van der Waals surface area contributed by atoms with E-state index in [1.54, 1.807) is 4.90 Å². The van der Waals surface area contributed by atoms with Gasteiger partial charge in [0.05, 0.1) is 6.54 Å². The topological polar surface area (TPSA) is 69.9 Å². The molecule has 2 aliphatic heterocycles. The molecule has 1 atom stereocenters. The molecular weight excluding hydrogens is 352 g/mol. The second-order valence-electron chi connectivity index (χ2n) is 7.20. The second kappa shape index (κ2) is 8.27. The van der Waals surface area contributed by atoms with Crippen molar-refractivity contribution in [1.82, 2.24) is 9.80 Å². The van der Waals surface area contributed by atoms with E-state index in [0.717, 1.165) is 49.7 Å². The summed E-state index contributed by atoms with van der Waals surface area (Å²) in [6.45, 7) is 6.41. The molecule has 1 aromatic rings. The minimum Gasteiger partial charge on any atom is -0.369 e. The third-order valence-electron chi connectivity index (χ3n) is 5.39. The standard InChI is InChI=1S/C19H27ClN4O2/c1-14-5-6-15(20)12-17(14)23-10-8-22(9-11-23)13-18(25)24-7-3-2-4-16(24)19(21)26/h5-6,12,16H,2-4,7-11,13H2,1H3,(H2,21,26)/t16-/m1/s1. The molecule has 2 N–H and O–H groups in total. The van der Waals surface area contributed by atoms with E-state index in [2.05, 4.69) is 16.7 Å². The molecule has 0 aliphatic carbocycles. The molecule has 6 nitrogen and oxygen atoms in total. The summed E-state index contributed by atoms with van der Waals surface area (Å²) in [4.78, 5) is 30.4. The van der Waals surface area contributed by atoms with Gasteiger partial charge in [0.1, 0.15) is 6.04 Å². The van der Waals surface area contributed by atoms with Gasteiger partial charge in [0.25, 0.3) is 0 Å². The summed E-state index contributed by atoms with van der Waals surface area (Å²) < 4.78 is 0. The van der Waals surface area contributed by atoms with Crippen LogP contribution < -0.4 is 10.6 Å². The van der Waals surface area contributed by atoms with Crippen molar-refractivity contribution in [3.8, 4) is 0 Å². The maximum atomic E-state index is 12.7. The number of carbonyl (C=O) groups excluding carboxylic acids is 2. The maximum absolute atomic E-state index is 12.7. The summed E-state index contributed by atoms with van der Waals surface area (Å²) in [6.07, 6.45) is 2.58. The Morgan fingerprint density at radius 1 is 1.15 bits per heavy atom. The van der Waals surface area contributed by atoms with E-state index in [1.165, 1.54) is 5.56 Å². The van der Waals surface area contributed by atoms with Gasteiger partial charge in [-0.05, 0) is 43.9 Å². The molecule has 2 aliphatic rings. The fraction of sp³-hybridized carbons (Fsp3) is 0.579. The van der Waals surface area contributed by atoms with Crippen molar-refractivity contribution in [2.45, 2.75) is 32.2 Å². The largest absolute Gasteiger partial charge is 0.369 e. The zero-order valence-corrected chi connectivity index (χ0v) is 16.0. The summed E-state index contributed by atoms with van der Waals surface area (Å²) in [5, 5.41) is 0.741. The van der Waals surface area contributed by atoms with E-state index < -0.39 is 6.04 Å². The lowest BCUT2D eigenvalue weighted by atomic mass is 10.0. The highest BCUT2D eigenvalue weighted by Gasteiger charge is 2.31. The zero-order valence-electron chi connectivity index (χ0n) is 15.3. The first-order valence-corrected chi connectivity index (χ1v) is 9.66. The SMILES string of the molecule is Cc1ccc(Cl)cc1N1CCN(CC(=O)N2CCCC[C@@H]2C(N)=O)CC1. The number of nitrogens with two attached hydrogens (primary N) is 1. The third-order valence-corrected chi connectivity index (χ3v) is 5.63. The van der Waals surface area contributed by atoms with Gasteiger partial charge in [-0.15, -0.1) is 0 Å². The fourth-order valence-corrected chi connectivity index (χ4v) is 4.04. The Hall–Kier alpha value is -1.79. The summed E-state index contributed by atoms with van der Waals surface area (Å²) in [5.41, 5.74) is 7.84. The first-order valence-electron chi connectivity index (χ1n) is 9.28. The van der Waals surface area contributed by atoms with Gasteiger partial charge in [0, 0.05) is 43.4 Å². The van der Waals surface area contributed by atoms with Gasteiger partial charge in [-0.1, -0.05) is 17.7 Å². The number of piperidine rings is 1. The van der Waals surface area contributed by atoms with E-state index in [4.69, 9.17) is 17.3 Å². The van der Waals surface area contributed by atoms with Crippen LogP contribution in [0.5, 0.6) is 0 Å². The molecule has 0 spiro atoms. The molecule has 0 radical (unpaired) electrons. The van der Waals surface area contributed by atoms with Crippen LogP contribution in [0, 0.1) is 6.92 Å². The van der Waals surface area contributed by atoms with Crippen LogP contribution >= 0.6 is 11.6 Å². The van der Waals surface area contributed by atoms with Crippen molar-refractivity contribution in [3.05, 3.63) is 28.8 Å². The summed E-state index contributed by atoms with van der Waals surface area (Å²) in [6, 6.07) is 5.51. The van der Waals surface area contributed by atoms with E-state index in [-0.39, 0.29) is 11.8 Å². The zero-order chi connectivity index (χ0) is 18.7. The molecule has 1 aromatic carbocycles. The smallest absolute Gasteiger partial charge is 0.240 e. The van der Waals surface area contributed by atoms with Crippen LogP contribution in [0.3, 0.4) is 0 Å². The van der Waals surface area contributed by atoms with Crippen LogP contribution in [0.15, 0.2) is 18.2 Å². The lowest BCUT2D eigenvalue weighted by Gasteiger charge is -2.39. The van der Waals surface area contributed by atoms with Gasteiger partial charge in [0.15, 0.2) is 0 Å². The molecule has 0 saturated carbocycles. The fourth-order valence-electron chi connectivity index (χ4n) is 3.88. The number of hydrogen-bond donors (Lipinski definition) is 1. The van der Waals surface area contributed by atoms with Gasteiger partial charge in [-0.25, -0.2) is 0 Å². The molecule has 26 heavy (non-hydrogen) atoms. The minimum absolute atomic E-state index is 0.0147. The normalized spacial score (nSPS) is 21.7. The van der Waals surface area contributed by atoms with Crippen molar-refractivity contribution >= 4 is 29.1 Å². The third kappa shape index (κ3) is 4.30. The molecule has 142 valence electrons. The highest BCUT2D eigenvalue weighted by Crippen LogP contribution is 2.25. The molecule has 0 bridgehead atoms. The van der Waals surface area contributed by atoms with Crippen LogP contribution in [0.1, 0.15) is 24.8 Å². The monoisotopic (exact) mass is 378 g/mol. The number of likely N-dealkylation sites (tertiary alicyclic amines) is 1. The lowest BCUT2D eigenvalue weighted by molar-refractivity contribution is -0.142. The molecule has 2 amide bonds. The average molecular weight is 379 g/mol. The Balaban J connectivity index is 1.56. The Labute approximate surface area is 159 Å². The van der Waals surface area contributed by atoms with Crippen LogP contribution in [0.4, 0.5) is 5.69 Å². The van der Waals surface area contributed by atoms with Crippen molar-refractivity contribution in [2.75, 3.05) is 44.2 Å². The molecule has 0 aromatic heterocycles. The summed E-state index contributed by atoms with van der Waals surface area (Å²) >= 11 is 6.13. The summed E-state index contributed by atoms with van der Waals surface area (Å²) in [7, 11) is 0. The van der Waals surface area contributed by atoms with Crippen LogP contribution in [0.2, 0.25) is 5.02 Å². The number of hydrogen-bond acceptors (Lipinski definition) is 4. The molecular formula is C19H27ClN4O2. The van der Waals surface area contributed by atoms with Gasteiger partial charge < -0.3 is 15.5 Å². The predicted octanol–water partition coefficient (Wildman–Crippen LogP) is 1.64. The molecule has 2 fully saturated rings. The van der Waals surface area contributed by atoms with E-state index in [1.807, 2.05) is 18.2 Å². The van der Waals surface area contributed by atoms with E-state index >= 15 is 0 Å². The van der Waals surface area contributed by atoms with Crippen molar-refractivity contribution in [1.29, 1.82) is 0 Å². The van der Waals surface area contributed by atoms with Crippen LogP contribution in [-0.2, 0) is 9.59 Å². The van der Waals surface area contributed by atoms with Gasteiger partial charge in [-0.3, -0.25) is 14.5 Å². The van der Waals surface area contributed by atoms with Gasteiger partial charge >= 0.3 is 0 Å². The number of primary amides is 1. The number of anilines is 1. The van der Waals surface area contributed by atoms with Crippen LogP contribution in [-0.4, -0.2) is 66.9 Å². The number of benzene rings is 1. The quantitative estimate of drug-likeness (QED) is 0.864. The number of rotatable bonds is 4. The molecule has 3 rings (SSSR count). The molecule has 2 saturated heterocycles. The Bertz CT molecular complexity index is 674. The number of carbonyl (C=O) groups is 2. The highest BCUT2D eigenvalue weighted by atomic mass is 35.5. The summed E-state index contributed by atoms with van der Waals surface area (Å²) in [5.74, 6) is -0.375. The molecule has 2 heterocycles. The Morgan fingerprint density at radius 3 is 2.58 bits per heavy atom. The van der Waals surface area contributed by atoms with Gasteiger partial charge in [0.2, 0.25) is 11.8 Å². The Morgan fingerprint density at radius 2 is 1.88 bits per heavy atom. The number of nitrogens with zero attached hydrogens (tertiary/aromatic N) is 3. The lowest BCUT2D eigenvalue weighted by Crippen LogP contribution is -2.55. The maximum Gasteiger partial charge on any atom is 0.240 e. The van der Waals surface area contributed by atoms with E-state index in [0.29, 0.717) is 19.5 Å². The predicted molar refractivity (Wildman–Crippen MR) is 103 cm³/mol. The number of aryl methyl sites for hydroxylation is 1. The first kappa shape index (κ1) is 19.0. The second-order valence-corrected chi connectivity index (χ2v) is 7.63. The molecule has 7 heteroatoms. The van der Waals surface area contributed by atoms with Crippen molar-refractivity contribution in [3.63, 3.8) is 0 Å². The average Bonchev–Trinajstić information content (AvgIpc) is 2.64. The number of amides is 2. The molecule has 0 unspecified atom stereocenters. The number of halogens is 1. The highest BCUT2D eigenvalue weighted by molar-refractivity contribution is 6.30. The Kier molecular flexibility index (Phi) is 6.04.